The molecule has 0 aliphatic carbocycles. The van der Waals surface area contributed by atoms with Gasteiger partial charge in [0.15, 0.2) is 9.84 Å². The van der Waals surface area contributed by atoms with E-state index in [4.69, 9.17) is 4.74 Å². The van der Waals surface area contributed by atoms with Gasteiger partial charge in [-0.2, -0.15) is 0 Å². The topological polar surface area (TPSA) is 133 Å². The van der Waals surface area contributed by atoms with Gasteiger partial charge in [0.1, 0.15) is 5.00 Å². The smallest absolute Gasteiger partial charge is 0.341 e. The number of fused-ring (bicyclic) bond motifs is 1. The van der Waals surface area contributed by atoms with Gasteiger partial charge in [-0.25, -0.2) is 13.2 Å². The van der Waals surface area contributed by atoms with Crippen LogP contribution in [0.5, 0.6) is 0 Å². The van der Waals surface area contributed by atoms with Crippen molar-refractivity contribution in [1.29, 1.82) is 0 Å². The average molecular weight is 438 g/mol. The van der Waals surface area contributed by atoms with Gasteiger partial charge in [-0.15, -0.1) is 11.3 Å². The average Bonchev–Trinajstić information content (AvgIpc) is 2.97. The quantitative estimate of drug-likeness (QED) is 0.416. The van der Waals surface area contributed by atoms with Crippen molar-refractivity contribution in [2.45, 2.75) is 25.5 Å². The number of carbonyl (C=O) groups excluding carboxylic acids is 2. The van der Waals surface area contributed by atoms with E-state index < -0.39 is 26.6 Å². The number of hydrogen-bond acceptors (Lipinski definition) is 8. The lowest BCUT2D eigenvalue weighted by Crippen LogP contribution is -2.20. The Bertz CT molecular complexity index is 1070. The Morgan fingerprint density at radius 1 is 1.28 bits per heavy atom. The van der Waals surface area contributed by atoms with E-state index in [0.717, 1.165) is 11.3 Å². The van der Waals surface area contributed by atoms with Crippen molar-refractivity contribution in [2.75, 3.05) is 17.7 Å². The SMILES string of the molecule is CCOC(=O)c1c(NC(=O)Cc2ccc([N+](=O)[O-])cc2)sc2c1CCS(=O)(=O)C2. The van der Waals surface area contributed by atoms with Crippen LogP contribution in [0, 0.1) is 10.1 Å². The standard InChI is InChI=1S/C18H18N2O7S2/c1-2-27-18(22)16-13-7-8-29(25,26)10-14(13)28-17(16)19-15(21)9-11-3-5-12(6-4-11)20(23)24/h3-6H,2,7-10H2,1H3,(H,19,21). The summed E-state index contributed by atoms with van der Waals surface area (Å²) in [7, 11) is -3.24. The van der Waals surface area contributed by atoms with Crippen LogP contribution in [0.1, 0.15) is 33.3 Å². The number of nitrogens with zero attached hydrogens (tertiary/aromatic N) is 1. The Morgan fingerprint density at radius 3 is 2.59 bits per heavy atom. The van der Waals surface area contributed by atoms with E-state index in [0.29, 0.717) is 16.0 Å². The third kappa shape index (κ3) is 4.80. The van der Waals surface area contributed by atoms with Crippen molar-refractivity contribution >= 4 is 43.7 Å². The van der Waals surface area contributed by atoms with Crippen LogP contribution in [0.2, 0.25) is 0 Å². The summed E-state index contributed by atoms with van der Waals surface area (Å²) in [6, 6.07) is 5.58. The molecule has 0 saturated heterocycles. The fraction of sp³-hybridized carbons (Fsp3) is 0.333. The lowest BCUT2D eigenvalue weighted by atomic mass is 10.1. The van der Waals surface area contributed by atoms with Crippen molar-refractivity contribution in [2.24, 2.45) is 0 Å². The largest absolute Gasteiger partial charge is 0.462 e. The lowest BCUT2D eigenvalue weighted by molar-refractivity contribution is -0.384. The second-order valence-electron chi connectivity index (χ2n) is 6.42. The molecular formula is C18H18N2O7S2. The Labute approximate surface area is 170 Å². The fourth-order valence-electron chi connectivity index (χ4n) is 3.02. The number of non-ortho nitro benzene ring substituents is 1. The van der Waals surface area contributed by atoms with Crippen molar-refractivity contribution in [1.82, 2.24) is 0 Å². The highest BCUT2D eigenvalue weighted by Crippen LogP contribution is 2.38. The van der Waals surface area contributed by atoms with Gasteiger partial charge in [-0.05, 0) is 24.5 Å². The fourth-order valence-corrected chi connectivity index (χ4v) is 6.08. The third-order valence-corrected chi connectivity index (χ3v) is 7.23. The minimum atomic E-state index is -3.24. The van der Waals surface area contributed by atoms with E-state index in [1.807, 2.05) is 0 Å². The molecule has 0 atom stereocenters. The zero-order valence-corrected chi connectivity index (χ0v) is 17.1. The molecule has 0 radical (unpaired) electrons. The molecular weight excluding hydrogens is 420 g/mol. The van der Waals surface area contributed by atoms with Crippen LogP contribution in [0.4, 0.5) is 10.7 Å². The van der Waals surface area contributed by atoms with Gasteiger partial charge < -0.3 is 10.1 Å². The van der Waals surface area contributed by atoms with Crippen LogP contribution in [0.25, 0.3) is 0 Å². The summed E-state index contributed by atoms with van der Waals surface area (Å²) in [6.45, 7) is 1.81. The number of nitro groups is 1. The van der Waals surface area contributed by atoms with Crippen LogP contribution in [0.3, 0.4) is 0 Å². The maximum absolute atomic E-state index is 12.5. The van der Waals surface area contributed by atoms with E-state index >= 15 is 0 Å². The summed E-state index contributed by atoms with van der Waals surface area (Å²) in [6.07, 6.45) is 0.141. The normalized spacial score (nSPS) is 14.7. The monoisotopic (exact) mass is 438 g/mol. The molecule has 0 saturated carbocycles. The molecule has 2 aromatic rings. The number of sulfone groups is 1. The zero-order valence-electron chi connectivity index (χ0n) is 15.5. The third-order valence-electron chi connectivity index (χ3n) is 4.35. The number of benzene rings is 1. The van der Waals surface area contributed by atoms with Gasteiger partial charge in [0, 0.05) is 17.0 Å². The van der Waals surface area contributed by atoms with Crippen LogP contribution >= 0.6 is 11.3 Å². The number of esters is 1. The van der Waals surface area contributed by atoms with E-state index in [1.54, 1.807) is 6.92 Å². The summed E-state index contributed by atoms with van der Waals surface area (Å²) in [4.78, 5) is 35.6. The van der Waals surface area contributed by atoms with Gasteiger partial charge in [-0.3, -0.25) is 14.9 Å². The van der Waals surface area contributed by atoms with Crippen molar-refractivity contribution in [3.8, 4) is 0 Å². The zero-order chi connectivity index (χ0) is 21.2. The first-order valence-corrected chi connectivity index (χ1v) is 11.4. The number of carbonyl (C=O) groups is 2. The van der Waals surface area contributed by atoms with Crippen molar-refractivity contribution in [3.63, 3.8) is 0 Å². The number of nitrogens with one attached hydrogen (secondary N) is 1. The minimum Gasteiger partial charge on any atom is -0.462 e. The van der Waals surface area contributed by atoms with Gasteiger partial charge in [0.2, 0.25) is 5.91 Å². The molecule has 3 rings (SSSR count). The Kier molecular flexibility index (Phi) is 5.99. The number of nitro benzene ring substituents is 1. The molecule has 1 aromatic heterocycles. The summed E-state index contributed by atoms with van der Waals surface area (Å²) in [5.74, 6) is -1.25. The Hall–Kier alpha value is -2.79. The molecule has 0 fully saturated rings. The Morgan fingerprint density at radius 2 is 1.97 bits per heavy atom. The molecule has 1 aliphatic rings. The summed E-state index contributed by atoms with van der Waals surface area (Å²) in [5, 5.41) is 13.6. The summed E-state index contributed by atoms with van der Waals surface area (Å²) >= 11 is 1.06. The lowest BCUT2D eigenvalue weighted by Gasteiger charge is -2.13. The molecule has 1 aliphatic heterocycles. The van der Waals surface area contributed by atoms with Gasteiger partial charge in [-0.1, -0.05) is 12.1 Å². The van der Waals surface area contributed by atoms with Crippen molar-refractivity contribution in [3.05, 3.63) is 55.9 Å². The predicted octanol–water partition coefficient (Wildman–Crippen LogP) is 2.49. The van der Waals surface area contributed by atoms with E-state index in [9.17, 15) is 28.1 Å². The number of rotatable bonds is 6. The molecule has 0 unspecified atom stereocenters. The molecule has 1 amide bonds. The molecule has 0 spiro atoms. The number of ether oxygens (including phenoxy) is 1. The summed E-state index contributed by atoms with van der Waals surface area (Å²) < 4.78 is 28.9. The van der Waals surface area contributed by atoms with Crippen LogP contribution in [0.15, 0.2) is 24.3 Å². The second kappa shape index (κ2) is 8.29. The predicted molar refractivity (Wildman–Crippen MR) is 107 cm³/mol. The van der Waals surface area contributed by atoms with E-state index in [1.165, 1.54) is 24.3 Å². The molecule has 11 heteroatoms. The summed E-state index contributed by atoms with van der Waals surface area (Å²) in [5.41, 5.74) is 1.30. The van der Waals surface area contributed by atoms with E-state index in [-0.39, 0.29) is 47.2 Å². The van der Waals surface area contributed by atoms with Crippen LogP contribution in [-0.2, 0) is 38.0 Å². The maximum atomic E-state index is 12.5. The van der Waals surface area contributed by atoms with Gasteiger partial charge in [0.25, 0.3) is 5.69 Å². The van der Waals surface area contributed by atoms with Gasteiger partial charge >= 0.3 is 5.97 Å². The van der Waals surface area contributed by atoms with E-state index in [2.05, 4.69) is 5.32 Å². The molecule has 29 heavy (non-hydrogen) atoms. The molecule has 2 heterocycles. The molecule has 9 nitrogen and oxygen atoms in total. The highest BCUT2D eigenvalue weighted by Gasteiger charge is 2.32. The Balaban J connectivity index is 1.83. The van der Waals surface area contributed by atoms with Crippen LogP contribution < -0.4 is 5.32 Å². The minimum absolute atomic E-state index is 0.0544. The first kappa shape index (κ1) is 20.9. The first-order valence-electron chi connectivity index (χ1n) is 8.75. The number of hydrogen-bond donors (Lipinski definition) is 1. The van der Waals surface area contributed by atoms with Crippen LogP contribution in [-0.4, -0.2) is 37.6 Å². The molecule has 154 valence electrons. The highest BCUT2D eigenvalue weighted by atomic mass is 32.2. The molecule has 1 N–H and O–H groups in total. The number of amides is 1. The van der Waals surface area contributed by atoms with Gasteiger partial charge in [0.05, 0.1) is 35.0 Å². The second-order valence-corrected chi connectivity index (χ2v) is 9.71. The first-order chi connectivity index (χ1) is 13.7. The molecule has 1 aromatic carbocycles. The molecule has 0 bridgehead atoms. The number of thiophene rings is 1. The van der Waals surface area contributed by atoms with Crippen molar-refractivity contribution < 1.29 is 27.7 Å². The number of anilines is 1. The maximum Gasteiger partial charge on any atom is 0.341 e. The highest BCUT2D eigenvalue weighted by molar-refractivity contribution is 7.90.